The molecule has 1 saturated carbocycles. The van der Waals surface area contributed by atoms with Gasteiger partial charge in [0.15, 0.2) is 0 Å². The van der Waals surface area contributed by atoms with E-state index < -0.39 is 0 Å². The van der Waals surface area contributed by atoms with Crippen molar-refractivity contribution in [3.8, 4) is 0 Å². The van der Waals surface area contributed by atoms with Gasteiger partial charge in [0.05, 0.1) is 12.2 Å². The van der Waals surface area contributed by atoms with Crippen molar-refractivity contribution in [2.45, 2.75) is 32.6 Å². The van der Waals surface area contributed by atoms with Crippen molar-refractivity contribution in [2.75, 3.05) is 6.61 Å². The normalized spacial score (nSPS) is 16.6. The van der Waals surface area contributed by atoms with Gasteiger partial charge >= 0.3 is 5.97 Å². The van der Waals surface area contributed by atoms with Gasteiger partial charge in [-0.1, -0.05) is 24.6 Å². The molecule has 0 aromatic heterocycles. The third kappa shape index (κ3) is 3.74. The third-order valence-electron chi connectivity index (χ3n) is 3.32. The van der Waals surface area contributed by atoms with Crippen molar-refractivity contribution in [2.24, 2.45) is 5.41 Å². The smallest absolute Gasteiger partial charge is 0.338 e. The first kappa shape index (κ1) is 12.4. The molecule has 2 nitrogen and oxygen atoms in total. The van der Waals surface area contributed by atoms with Gasteiger partial charge < -0.3 is 4.74 Å². The Morgan fingerprint density at radius 2 is 2.24 bits per heavy atom. The number of hydrogen-bond acceptors (Lipinski definition) is 2. The Balaban J connectivity index is 1.73. The van der Waals surface area contributed by atoms with Crippen molar-refractivity contribution < 1.29 is 9.53 Å². The van der Waals surface area contributed by atoms with Gasteiger partial charge in [-0.25, -0.2) is 4.79 Å². The summed E-state index contributed by atoms with van der Waals surface area (Å²) in [5.74, 6) is -0.284. The van der Waals surface area contributed by atoms with Crippen LogP contribution in [0.3, 0.4) is 0 Å². The van der Waals surface area contributed by atoms with Crippen molar-refractivity contribution >= 4 is 17.6 Å². The summed E-state index contributed by atoms with van der Waals surface area (Å²) in [6.07, 6.45) is 4.73. The molecule has 0 aliphatic heterocycles. The first-order valence-corrected chi connectivity index (χ1v) is 6.40. The zero-order valence-corrected chi connectivity index (χ0v) is 10.8. The van der Waals surface area contributed by atoms with Gasteiger partial charge in [0, 0.05) is 5.02 Å². The Morgan fingerprint density at radius 3 is 2.88 bits per heavy atom. The van der Waals surface area contributed by atoms with Gasteiger partial charge in [-0.2, -0.15) is 0 Å². The topological polar surface area (TPSA) is 26.3 Å². The molecular formula is C14H17ClO2. The van der Waals surface area contributed by atoms with Gasteiger partial charge in [0.2, 0.25) is 0 Å². The molecule has 17 heavy (non-hydrogen) atoms. The zero-order valence-electron chi connectivity index (χ0n) is 10.0. The molecule has 0 unspecified atom stereocenters. The lowest BCUT2D eigenvalue weighted by molar-refractivity contribution is 0.0492. The van der Waals surface area contributed by atoms with Crippen LogP contribution in [0, 0.1) is 5.41 Å². The Bertz CT molecular complexity index is 410. The lowest BCUT2D eigenvalue weighted by Crippen LogP contribution is -2.07. The number of carbonyl (C=O) groups excluding carboxylic acids is 1. The van der Waals surface area contributed by atoms with Crippen LogP contribution >= 0.6 is 11.6 Å². The highest BCUT2D eigenvalue weighted by Gasteiger charge is 2.36. The van der Waals surface area contributed by atoms with Crippen LogP contribution in [0.1, 0.15) is 43.0 Å². The summed E-state index contributed by atoms with van der Waals surface area (Å²) < 4.78 is 5.21. The van der Waals surface area contributed by atoms with E-state index in [9.17, 15) is 4.79 Å². The van der Waals surface area contributed by atoms with Crippen LogP contribution in [-0.4, -0.2) is 12.6 Å². The lowest BCUT2D eigenvalue weighted by Gasteiger charge is -2.08. The molecule has 1 aromatic rings. The molecule has 0 N–H and O–H groups in total. The maximum atomic E-state index is 11.7. The van der Waals surface area contributed by atoms with E-state index >= 15 is 0 Å². The molecule has 3 heteroatoms. The van der Waals surface area contributed by atoms with Gasteiger partial charge in [-0.15, -0.1) is 0 Å². The molecule has 0 bridgehead atoms. The van der Waals surface area contributed by atoms with E-state index in [4.69, 9.17) is 16.3 Å². The fraction of sp³-hybridized carbons (Fsp3) is 0.500. The highest BCUT2D eigenvalue weighted by Crippen LogP contribution is 2.48. The molecule has 92 valence electrons. The maximum Gasteiger partial charge on any atom is 0.338 e. The van der Waals surface area contributed by atoms with E-state index in [0.29, 0.717) is 22.6 Å². The zero-order chi connectivity index (χ0) is 12.3. The fourth-order valence-corrected chi connectivity index (χ4v) is 2.02. The van der Waals surface area contributed by atoms with Crippen LogP contribution < -0.4 is 0 Å². The molecule has 1 aromatic carbocycles. The Morgan fingerprint density at radius 1 is 1.47 bits per heavy atom. The number of esters is 1. The van der Waals surface area contributed by atoms with Crippen molar-refractivity contribution in [1.29, 1.82) is 0 Å². The van der Waals surface area contributed by atoms with Crippen molar-refractivity contribution in [1.82, 2.24) is 0 Å². The average Bonchev–Trinajstić information content (AvgIpc) is 3.03. The van der Waals surface area contributed by atoms with Crippen LogP contribution in [-0.2, 0) is 4.74 Å². The molecule has 1 fully saturated rings. The third-order valence-corrected chi connectivity index (χ3v) is 3.56. The van der Waals surface area contributed by atoms with Crippen molar-refractivity contribution in [3.05, 3.63) is 34.9 Å². The predicted molar refractivity (Wildman–Crippen MR) is 68.3 cm³/mol. The SMILES string of the molecule is CC1(CCCOC(=O)c2cccc(Cl)c2)CC1. The van der Waals surface area contributed by atoms with Crippen LogP contribution in [0.25, 0.3) is 0 Å². The first-order valence-electron chi connectivity index (χ1n) is 6.02. The summed E-state index contributed by atoms with van der Waals surface area (Å²) in [5.41, 5.74) is 1.05. The summed E-state index contributed by atoms with van der Waals surface area (Å²) in [5, 5.41) is 0.560. The number of benzene rings is 1. The minimum Gasteiger partial charge on any atom is -0.462 e. The number of hydrogen-bond donors (Lipinski definition) is 0. The Labute approximate surface area is 107 Å². The minimum atomic E-state index is -0.284. The fourth-order valence-electron chi connectivity index (χ4n) is 1.83. The molecule has 0 heterocycles. The summed E-state index contributed by atoms with van der Waals surface area (Å²) in [6.45, 7) is 2.78. The number of ether oxygens (including phenoxy) is 1. The quantitative estimate of drug-likeness (QED) is 0.583. The van der Waals surface area contributed by atoms with Crippen LogP contribution in [0.4, 0.5) is 0 Å². The van der Waals surface area contributed by atoms with Gasteiger partial charge in [0.1, 0.15) is 0 Å². The monoisotopic (exact) mass is 252 g/mol. The summed E-state index contributed by atoms with van der Waals surface area (Å²) in [7, 11) is 0. The van der Waals surface area contributed by atoms with E-state index in [-0.39, 0.29) is 5.97 Å². The molecule has 0 atom stereocenters. The van der Waals surface area contributed by atoms with Gasteiger partial charge in [-0.05, 0) is 49.3 Å². The Kier molecular flexibility index (Phi) is 3.72. The largest absolute Gasteiger partial charge is 0.462 e. The van der Waals surface area contributed by atoms with E-state index in [1.165, 1.54) is 12.8 Å². The second-order valence-corrected chi connectivity index (χ2v) is 5.50. The van der Waals surface area contributed by atoms with E-state index in [1.54, 1.807) is 24.3 Å². The van der Waals surface area contributed by atoms with Crippen molar-refractivity contribution in [3.63, 3.8) is 0 Å². The van der Waals surface area contributed by atoms with Crippen LogP contribution in [0.15, 0.2) is 24.3 Å². The second-order valence-electron chi connectivity index (χ2n) is 5.06. The molecular weight excluding hydrogens is 236 g/mol. The minimum absolute atomic E-state index is 0.284. The van der Waals surface area contributed by atoms with E-state index in [0.717, 1.165) is 12.8 Å². The molecule has 0 amide bonds. The molecule has 1 aliphatic carbocycles. The maximum absolute atomic E-state index is 11.7. The number of carbonyl (C=O) groups is 1. The number of rotatable bonds is 5. The van der Waals surface area contributed by atoms with E-state index in [1.807, 2.05) is 0 Å². The standard InChI is InChI=1S/C14H17ClO2/c1-14(7-8-14)6-3-9-17-13(16)11-4-2-5-12(15)10-11/h2,4-5,10H,3,6-9H2,1H3. The van der Waals surface area contributed by atoms with Gasteiger partial charge in [0.25, 0.3) is 0 Å². The molecule has 0 saturated heterocycles. The highest BCUT2D eigenvalue weighted by atomic mass is 35.5. The second kappa shape index (κ2) is 5.09. The molecule has 0 radical (unpaired) electrons. The average molecular weight is 253 g/mol. The summed E-state index contributed by atoms with van der Waals surface area (Å²) in [4.78, 5) is 11.7. The van der Waals surface area contributed by atoms with Crippen LogP contribution in [0.2, 0.25) is 5.02 Å². The van der Waals surface area contributed by atoms with Crippen LogP contribution in [0.5, 0.6) is 0 Å². The summed E-state index contributed by atoms with van der Waals surface area (Å²) in [6, 6.07) is 6.85. The summed E-state index contributed by atoms with van der Waals surface area (Å²) >= 11 is 5.81. The van der Waals surface area contributed by atoms with E-state index in [2.05, 4.69) is 6.92 Å². The molecule has 2 rings (SSSR count). The number of halogens is 1. The lowest BCUT2D eigenvalue weighted by atomic mass is 10.0. The first-order chi connectivity index (χ1) is 8.09. The predicted octanol–water partition coefficient (Wildman–Crippen LogP) is 4.08. The Hall–Kier alpha value is -1.02. The molecule has 0 spiro atoms. The highest BCUT2D eigenvalue weighted by molar-refractivity contribution is 6.30. The molecule has 1 aliphatic rings. The van der Waals surface area contributed by atoms with Gasteiger partial charge in [-0.3, -0.25) is 0 Å².